The summed E-state index contributed by atoms with van der Waals surface area (Å²) in [5.74, 6) is 0.655. The van der Waals surface area contributed by atoms with E-state index in [1.807, 2.05) is 12.1 Å². The van der Waals surface area contributed by atoms with Crippen molar-refractivity contribution >= 4 is 11.6 Å². The van der Waals surface area contributed by atoms with Crippen molar-refractivity contribution in [1.29, 1.82) is 0 Å². The van der Waals surface area contributed by atoms with Crippen LogP contribution in [0.4, 0.5) is 0 Å². The first-order valence-electron chi connectivity index (χ1n) is 10.4. The number of ether oxygens (including phenoxy) is 2. The molecule has 1 aromatic carbocycles. The first kappa shape index (κ1) is 19.6. The van der Waals surface area contributed by atoms with E-state index in [1.165, 1.54) is 24.8 Å². The van der Waals surface area contributed by atoms with Crippen LogP contribution in [0, 0.1) is 5.92 Å². The van der Waals surface area contributed by atoms with E-state index in [0.29, 0.717) is 24.0 Å². The van der Waals surface area contributed by atoms with Crippen molar-refractivity contribution in [2.24, 2.45) is 5.92 Å². The monoisotopic (exact) mass is 393 g/mol. The third-order valence-electron chi connectivity index (χ3n) is 6.36. The van der Waals surface area contributed by atoms with E-state index in [1.54, 1.807) is 0 Å². The molecule has 4 rings (SSSR count). The summed E-state index contributed by atoms with van der Waals surface area (Å²) in [6, 6.07) is 9.61. The largest absolute Gasteiger partial charge is 0.379 e. The van der Waals surface area contributed by atoms with Gasteiger partial charge in [0.1, 0.15) is 0 Å². The molecule has 2 saturated heterocycles. The van der Waals surface area contributed by atoms with Gasteiger partial charge in [0, 0.05) is 49.3 Å². The van der Waals surface area contributed by atoms with Crippen LogP contribution in [0.3, 0.4) is 0 Å². The molecule has 1 aliphatic carbocycles. The van der Waals surface area contributed by atoms with E-state index in [4.69, 9.17) is 21.1 Å². The molecule has 0 radical (unpaired) electrons. The van der Waals surface area contributed by atoms with E-state index in [0.717, 1.165) is 57.6 Å². The van der Waals surface area contributed by atoms with Gasteiger partial charge in [-0.1, -0.05) is 36.2 Å². The molecule has 4 unspecified atom stereocenters. The standard InChI is InChI=1S/C21H32ClN3O2/c22-18-6-2-1-4-16(18)21(25-9-12-26-13-10-25)14-24-19-7-3-5-17(19)20-15-27-11-8-23-20/h1-2,4,6,17,19-21,23-24H,3,5,7-15H2. The smallest absolute Gasteiger partial charge is 0.0623 e. The number of nitrogens with zero attached hydrogens (tertiary/aromatic N) is 1. The fourth-order valence-corrected chi connectivity index (χ4v) is 5.18. The van der Waals surface area contributed by atoms with Crippen molar-refractivity contribution in [3.05, 3.63) is 34.9 Å². The second-order valence-corrected chi connectivity index (χ2v) is 8.34. The highest BCUT2D eigenvalue weighted by Gasteiger charge is 2.35. The lowest BCUT2D eigenvalue weighted by Gasteiger charge is -2.37. The van der Waals surface area contributed by atoms with E-state index >= 15 is 0 Å². The molecule has 150 valence electrons. The van der Waals surface area contributed by atoms with Crippen LogP contribution in [0.1, 0.15) is 30.9 Å². The number of hydrogen-bond donors (Lipinski definition) is 2. The lowest BCUT2D eigenvalue weighted by Crippen LogP contribution is -2.52. The van der Waals surface area contributed by atoms with Crippen molar-refractivity contribution in [1.82, 2.24) is 15.5 Å². The van der Waals surface area contributed by atoms with Gasteiger partial charge in [-0.15, -0.1) is 0 Å². The average molecular weight is 394 g/mol. The quantitative estimate of drug-likeness (QED) is 0.777. The summed E-state index contributed by atoms with van der Waals surface area (Å²) in [5, 5.41) is 8.45. The predicted molar refractivity (Wildman–Crippen MR) is 108 cm³/mol. The van der Waals surface area contributed by atoms with Crippen LogP contribution >= 0.6 is 11.6 Å². The molecule has 3 fully saturated rings. The highest BCUT2D eigenvalue weighted by molar-refractivity contribution is 6.31. The molecule has 4 atom stereocenters. The van der Waals surface area contributed by atoms with Gasteiger partial charge in [0.05, 0.1) is 26.4 Å². The molecular weight excluding hydrogens is 362 g/mol. The van der Waals surface area contributed by atoms with Gasteiger partial charge in [-0.3, -0.25) is 4.90 Å². The third kappa shape index (κ3) is 4.84. The van der Waals surface area contributed by atoms with E-state index in [-0.39, 0.29) is 0 Å². The normalized spacial score (nSPS) is 31.1. The van der Waals surface area contributed by atoms with Gasteiger partial charge in [0.25, 0.3) is 0 Å². The van der Waals surface area contributed by atoms with Crippen LogP contribution in [0.5, 0.6) is 0 Å². The number of benzene rings is 1. The molecule has 2 aliphatic heterocycles. The summed E-state index contributed by atoms with van der Waals surface area (Å²) in [5.41, 5.74) is 1.22. The van der Waals surface area contributed by atoms with E-state index in [9.17, 15) is 0 Å². The zero-order valence-corrected chi connectivity index (χ0v) is 16.8. The number of nitrogens with one attached hydrogen (secondary N) is 2. The van der Waals surface area contributed by atoms with Gasteiger partial charge in [-0.25, -0.2) is 0 Å². The van der Waals surface area contributed by atoms with Crippen LogP contribution in [-0.4, -0.2) is 69.6 Å². The van der Waals surface area contributed by atoms with Gasteiger partial charge in [-0.05, 0) is 30.4 Å². The molecule has 3 aliphatic rings. The average Bonchev–Trinajstić information content (AvgIpc) is 3.19. The second-order valence-electron chi connectivity index (χ2n) is 7.93. The van der Waals surface area contributed by atoms with Gasteiger partial charge < -0.3 is 20.1 Å². The predicted octanol–water partition coefficient (Wildman–Crippen LogP) is 2.46. The third-order valence-corrected chi connectivity index (χ3v) is 6.70. The Kier molecular flexibility index (Phi) is 7.03. The number of rotatable bonds is 6. The van der Waals surface area contributed by atoms with Gasteiger partial charge in [0.15, 0.2) is 0 Å². The summed E-state index contributed by atoms with van der Waals surface area (Å²) < 4.78 is 11.3. The molecule has 2 heterocycles. The lowest BCUT2D eigenvalue weighted by atomic mass is 9.93. The lowest BCUT2D eigenvalue weighted by molar-refractivity contribution is 0.0145. The maximum absolute atomic E-state index is 6.57. The Morgan fingerprint density at radius 3 is 2.78 bits per heavy atom. The maximum atomic E-state index is 6.57. The molecule has 1 aromatic rings. The highest BCUT2D eigenvalue weighted by atomic mass is 35.5. The summed E-state index contributed by atoms with van der Waals surface area (Å²) in [7, 11) is 0. The summed E-state index contributed by atoms with van der Waals surface area (Å²) in [6.07, 6.45) is 3.84. The Hall–Kier alpha value is -0.690. The summed E-state index contributed by atoms with van der Waals surface area (Å²) >= 11 is 6.57. The topological polar surface area (TPSA) is 45.8 Å². The fourth-order valence-electron chi connectivity index (χ4n) is 4.92. The van der Waals surface area contributed by atoms with Crippen LogP contribution in [0.25, 0.3) is 0 Å². The maximum Gasteiger partial charge on any atom is 0.0623 e. The number of hydrogen-bond acceptors (Lipinski definition) is 5. The van der Waals surface area contributed by atoms with Crippen molar-refractivity contribution < 1.29 is 9.47 Å². The fraction of sp³-hybridized carbons (Fsp3) is 0.714. The first-order chi connectivity index (χ1) is 13.3. The molecule has 27 heavy (non-hydrogen) atoms. The molecule has 5 nitrogen and oxygen atoms in total. The molecule has 0 amide bonds. The molecule has 6 heteroatoms. The van der Waals surface area contributed by atoms with Crippen molar-refractivity contribution in [2.75, 3.05) is 52.6 Å². The van der Waals surface area contributed by atoms with Crippen LogP contribution in [0.2, 0.25) is 5.02 Å². The minimum Gasteiger partial charge on any atom is -0.379 e. The molecular formula is C21H32ClN3O2. The van der Waals surface area contributed by atoms with Gasteiger partial charge in [-0.2, -0.15) is 0 Å². The highest BCUT2D eigenvalue weighted by Crippen LogP contribution is 2.32. The molecule has 0 bridgehead atoms. The Morgan fingerprint density at radius 1 is 1.15 bits per heavy atom. The zero-order valence-electron chi connectivity index (χ0n) is 16.0. The van der Waals surface area contributed by atoms with Crippen molar-refractivity contribution in [3.8, 4) is 0 Å². The van der Waals surface area contributed by atoms with E-state index < -0.39 is 0 Å². The number of halogens is 1. The zero-order chi connectivity index (χ0) is 18.5. The molecule has 2 N–H and O–H groups in total. The second kappa shape index (κ2) is 9.68. The summed E-state index contributed by atoms with van der Waals surface area (Å²) in [4.78, 5) is 2.52. The van der Waals surface area contributed by atoms with Gasteiger partial charge >= 0.3 is 0 Å². The van der Waals surface area contributed by atoms with Crippen LogP contribution in [0.15, 0.2) is 24.3 Å². The molecule has 1 saturated carbocycles. The first-order valence-corrected chi connectivity index (χ1v) is 10.8. The van der Waals surface area contributed by atoms with Gasteiger partial charge in [0.2, 0.25) is 0 Å². The molecule has 0 aromatic heterocycles. The Labute approximate surface area is 167 Å². The molecule has 0 spiro atoms. The Morgan fingerprint density at radius 2 is 2.00 bits per heavy atom. The Bertz CT molecular complexity index is 591. The minimum absolute atomic E-state index is 0.291. The van der Waals surface area contributed by atoms with E-state index in [2.05, 4.69) is 27.7 Å². The minimum atomic E-state index is 0.291. The van der Waals surface area contributed by atoms with Crippen LogP contribution in [-0.2, 0) is 9.47 Å². The van der Waals surface area contributed by atoms with Crippen LogP contribution < -0.4 is 10.6 Å². The SMILES string of the molecule is Clc1ccccc1C(CNC1CCCC1C1COCCN1)N1CCOCC1. The van der Waals surface area contributed by atoms with Crippen molar-refractivity contribution in [3.63, 3.8) is 0 Å². The Balaban J connectivity index is 1.44. The summed E-state index contributed by atoms with van der Waals surface area (Å²) in [6.45, 7) is 7.12. The number of morpholine rings is 2. The van der Waals surface area contributed by atoms with Crippen molar-refractivity contribution in [2.45, 2.75) is 37.4 Å².